The summed E-state index contributed by atoms with van der Waals surface area (Å²) in [6, 6.07) is 3.91. The molecule has 0 spiro atoms. The predicted molar refractivity (Wildman–Crippen MR) is 86.4 cm³/mol. The topological polar surface area (TPSA) is 75.4 Å². The van der Waals surface area contributed by atoms with Crippen LogP contribution in [0.1, 0.15) is 45.4 Å². The number of amides is 1. The molecular weight excluding hydrogens is 292 g/mol. The lowest BCUT2D eigenvalue weighted by molar-refractivity contribution is -0.127. The van der Waals surface area contributed by atoms with Crippen molar-refractivity contribution in [3.8, 4) is 0 Å². The zero-order valence-electron chi connectivity index (χ0n) is 13.8. The van der Waals surface area contributed by atoms with Gasteiger partial charge in [-0.15, -0.1) is 15.3 Å². The molecule has 1 saturated carbocycles. The predicted octanol–water partition coefficient (Wildman–Crippen LogP) is 1.35. The second kappa shape index (κ2) is 4.91. The Labute approximate surface area is 135 Å². The van der Waals surface area contributed by atoms with E-state index in [1.54, 1.807) is 0 Å². The van der Waals surface area contributed by atoms with E-state index in [1.165, 1.54) is 12.8 Å². The number of nitrogens with zero attached hydrogens (tertiary/aromatic N) is 5. The van der Waals surface area contributed by atoms with Gasteiger partial charge in [0.1, 0.15) is 5.82 Å². The number of fused-ring (bicyclic) bond motifs is 1. The fourth-order valence-electron chi connectivity index (χ4n) is 2.86. The van der Waals surface area contributed by atoms with Crippen molar-refractivity contribution in [3.63, 3.8) is 0 Å². The highest BCUT2D eigenvalue weighted by molar-refractivity contribution is 5.82. The van der Waals surface area contributed by atoms with E-state index in [9.17, 15) is 4.79 Å². The fourth-order valence-corrected chi connectivity index (χ4v) is 2.86. The van der Waals surface area contributed by atoms with Crippen LogP contribution in [-0.2, 0) is 4.79 Å². The maximum atomic E-state index is 12.2. The highest BCUT2D eigenvalue weighted by atomic mass is 16.2. The minimum atomic E-state index is -0.184. The van der Waals surface area contributed by atoms with E-state index < -0.39 is 0 Å². The average Bonchev–Trinajstić information content (AvgIpc) is 3.15. The van der Waals surface area contributed by atoms with Crippen LogP contribution < -0.4 is 10.2 Å². The van der Waals surface area contributed by atoms with Gasteiger partial charge in [0.15, 0.2) is 11.5 Å². The Morgan fingerprint density at radius 2 is 1.96 bits per heavy atom. The quantitative estimate of drug-likeness (QED) is 0.925. The van der Waals surface area contributed by atoms with Gasteiger partial charge >= 0.3 is 0 Å². The molecule has 2 aromatic rings. The largest absolute Gasteiger partial charge is 0.353 e. The third kappa shape index (κ3) is 2.75. The lowest BCUT2D eigenvalue weighted by atomic mass is 9.97. The van der Waals surface area contributed by atoms with Crippen molar-refractivity contribution in [1.82, 2.24) is 25.1 Å². The van der Waals surface area contributed by atoms with Crippen LogP contribution in [0.15, 0.2) is 12.1 Å². The number of nitrogens with one attached hydrogen (secondary N) is 1. The summed E-state index contributed by atoms with van der Waals surface area (Å²) in [5, 5.41) is 16.1. The fraction of sp³-hybridized carbons (Fsp3) is 0.625. The van der Waals surface area contributed by atoms with Crippen molar-refractivity contribution in [3.05, 3.63) is 18.0 Å². The van der Waals surface area contributed by atoms with Gasteiger partial charge in [-0.05, 0) is 45.7 Å². The number of aromatic nitrogens is 4. The molecule has 0 aromatic carbocycles. The summed E-state index contributed by atoms with van der Waals surface area (Å²) in [4.78, 5) is 14.3. The summed E-state index contributed by atoms with van der Waals surface area (Å²) in [5.41, 5.74) is 0.606. The zero-order chi connectivity index (χ0) is 16.2. The van der Waals surface area contributed by atoms with Crippen LogP contribution in [0, 0.1) is 5.92 Å². The molecule has 7 nitrogen and oxygen atoms in total. The molecule has 0 unspecified atom stereocenters. The number of hydrogen-bond donors (Lipinski definition) is 1. The van der Waals surface area contributed by atoms with E-state index >= 15 is 0 Å². The summed E-state index contributed by atoms with van der Waals surface area (Å²) in [6.07, 6.45) is 2.34. The van der Waals surface area contributed by atoms with Gasteiger partial charge in [0.25, 0.3) is 0 Å². The van der Waals surface area contributed by atoms with Crippen LogP contribution in [0.4, 0.5) is 5.82 Å². The molecule has 0 radical (unpaired) electrons. The van der Waals surface area contributed by atoms with Crippen LogP contribution in [-0.4, -0.2) is 44.3 Å². The normalized spacial score (nSPS) is 19.0. The molecule has 1 saturated heterocycles. The molecule has 1 aliphatic carbocycles. The lowest BCUT2D eigenvalue weighted by Crippen LogP contribution is -2.56. The standard InChI is InChI=1S/C16H22N6O/c1-16(2,3)17-15(23)11-8-21(9-11)13-7-6-12-18-19-14(10-4-5-10)22(12)20-13/h6-7,10-11H,4-5,8-9H2,1-3H3,(H,17,23). The van der Waals surface area contributed by atoms with E-state index in [1.807, 2.05) is 37.4 Å². The van der Waals surface area contributed by atoms with E-state index in [2.05, 4.69) is 25.5 Å². The molecule has 0 atom stereocenters. The Bertz CT molecular complexity index is 752. The highest BCUT2D eigenvalue weighted by Gasteiger charge is 2.35. The maximum Gasteiger partial charge on any atom is 0.227 e. The second-order valence-corrected chi connectivity index (χ2v) is 7.64. The molecule has 2 aliphatic rings. The summed E-state index contributed by atoms with van der Waals surface area (Å²) in [5.74, 6) is 2.52. The summed E-state index contributed by atoms with van der Waals surface area (Å²) in [6.45, 7) is 7.43. The Morgan fingerprint density at radius 1 is 1.22 bits per heavy atom. The van der Waals surface area contributed by atoms with Crippen molar-refractivity contribution >= 4 is 17.4 Å². The first kappa shape index (κ1) is 14.4. The van der Waals surface area contributed by atoms with Gasteiger partial charge in [-0.3, -0.25) is 4.79 Å². The lowest BCUT2D eigenvalue weighted by Gasteiger charge is -2.40. The summed E-state index contributed by atoms with van der Waals surface area (Å²) >= 11 is 0. The Hall–Kier alpha value is -2.18. The molecule has 3 heterocycles. The average molecular weight is 314 g/mol. The van der Waals surface area contributed by atoms with Gasteiger partial charge in [-0.1, -0.05) is 0 Å². The first-order valence-corrected chi connectivity index (χ1v) is 8.20. The van der Waals surface area contributed by atoms with Crippen LogP contribution in [0.2, 0.25) is 0 Å². The Balaban J connectivity index is 1.47. The van der Waals surface area contributed by atoms with Crippen LogP contribution >= 0.6 is 0 Å². The molecule has 2 fully saturated rings. The molecule has 1 aliphatic heterocycles. The van der Waals surface area contributed by atoms with Crippen LogP contribution in [0.3, 0.4) is 0 Å². The van der Waals surface area contributed by atoms with Crippen molar-refractivity contribution in [2.45, 2.75) is 45.1 Å². The molecular formula is C16H22N6O. The third-order valence-corrected chi connectivity index (χ3v) is 4.29. The molecule has 0 bridgehead atoms. The second-order valence-electron chi connectivity index (χ2n) is 7.64. The van der Waals surface area contributed by atoms with Gasteiger partial charge in [0.05, 0.1) is 5.92 Å². The number of rotatable bonds is 3. The van der Waals surface area contributed by atoms with E-state index in [4.69, 9.17) is 0 Å². The van der Waals surface area contributed by atoms with Gasteiger partial charge < -0.3 is 10.2 Å². The van der Waals surface area contributed by atoms with E-state index in [0.717, 1.165) is 17.3 Å². The van der Waals surface area contributed by atoms with Crippen LogP contribution in [0.5, 0.6) is 0 Å². The Morgan fingerprint density at radius 3 is 2.61 bits per heavy atom. The molecule has 1 amide bonds. The number of carbonyl (C=O) groups is 1. The summed E-state index contributed by atoms with van der Waals surface area (Å²) < 4.78 is 1.86. The zero-order valence-corrected chi connectivity index (χ0v) is 13.8. The number of anilines is 1. The maximum absolute atomic E-state index is 12.2. The molecule has 2 aromatic heterocycles. The van der Waals surface area contributed by atoms with Crippen LogP contribution in [0.25, 0.3) is 5.65 Å². The SMILES string of the molecule is CC(C)(C)NC(=O)C1CN(c2ccc3nnc(C4CC4)n3n2)C1. The van der Waals surface area contributed by atoms with Gasteiger partial charge in [0, 0.05) is 24.5 Å². The number of carbonyl (C=O) groups excluding carboxylic acids is 1. The first-order valence-electron chi connectivity index (χ1n) is 8.20. The van der Waals surface area contributed by atoms with E-state index in [0.29, 0.717) is 19.0 Å². The van der Waals surface area contributed by atoms with Crippen molar-refractivity contribution < 1.29 is 4.79 Å². The first-order chi connectivity index (χ1) is 10.9. The minimum absolute atomic E-state index is 0.0375. The van der Waals surface area contributed by atoms with Gasteiger partial charge in [-0.25, -0.2) is 0 Å². The molecule has 1 N–H and O–H groups in total. The van der Waals surface area contributed by atoms with Gasteiger partial charge in [-0.2, -0.15) is 4.52 Å². The third-order valence-electron chi connectivity index (χ3n) is 4.29. The summed E-state index contributed by atoms with van der Waals surface area (Å²) in [7, 11) is 0. The minimum Gasteiger partial charge on any atom is -0.353 e. The Kier molecular flexibility index (Phi) is 3.08. The smallest absolute Gasteiger partial charge is 0.227 e. The molecule has 122 valence electrons. The molecule has 23 heavy (non-hydrogen) atoms. The van der Waals surface area contributed by atoms with Crippen molar-refractivity contribution in [2.24, 2.45) is 5.92 Å². The van der Waals surface area contributed by atoms with E-state index in [-0.39, 0.29) is 17.4 Å². The van der Waals surface area contributed by atoms with Crippen molar-refractivity contribution in [2.75, 3.05) is 18.0 Å². The number of hydrogen-bond acceptors (Lipinski definition) is 5. The van der Waals surface area contributed by atoms with Gasteiger partial charge in [0.2, 0.25) is 5.91 Å². The van der Waals surface area contributed by atoms with Crippen molar-refractivity contribution in [1.29, 1.82) is 0 Å². The monoisotopic (exact) mass is 314 g/mol. The highest BCUT2D eigenvalue weighted by Crippen LogP contribution is 2.38. The molecule has 7 heteroatoms. The molecule has 4 rings (SSSR count).